The highest BCUT2D eigenvalue weighted by atomic mass is 32.2. The van der Waals surface area contributed by atoms with E-state index < -0.39 is 17.7 Å². The van der Waals surface area contributed by atoms with Crippen molar-refractivity contribution in [3.05, 3.63) is 40.9 Å². The number of alkyl halides is 3. The van der Waals surface area contributed by atoms with E-state index in [2.05, 4.69) is 15.4 Å². The fourth-order valence-electron chi connectivity index (χ4n) is 2.53. The summed E-state index contributed by atoms with van der Waals surface area (Å²) >= 11 is 1.22. The molecule has 0 saturated carbocycles. The first-order chi connectivity index (χ1) is 13.8. The highest BCUT2D eigenvalue weighted by molar-refractivity contribution is 8.04. The fraction of sp³-hybridized carbons (Fsp3) is 0.353. The van der Waals surface area contributed by atoms with E-state index >= 15 is 0 Å². The molecule has 1 amide bonds. The predicted octanol–water partition coefficient (Wildman–Crippen LogP) is 2.34. The van der Waals surface area contributed by atoms with Crippen LogP contribution in [0.2, 0.25) is 0 Å². The number of hydrogen-bond donors (Lipinski definition) is 0. The van der Waals surface area contributed by atoms with Crippen molar-refractivity contribution in [2.75, 3.05) is 18.9 Å². The van der Waals surface area contributed by atoms with E-state index in [4.69, 9.17) is 4.74 Å². The fourth-order valence-corrected chi connectivity index (χ4v) is 3.49. The zero-order chi connectivity index (χ0) is 21.0. The maximum Gasteiger partial charge on any atom is 0.416 e. The van der Waals surface area contributed by atoms with Crippen molar-refractivity contribution in [2.24, 2.45) is 0 Å². The highest BCUT2D eigenvalue weighted by Crippen LogP contribution is 2.31. The van der Waals surface area contributed by atoms with Crippen molar-refractivity contribution in [3.8, 4) is 11.4 Å². The minimum Gasteiger partial charge on any atom is -0.463 e. The van der Waals surface area contributed by atoms with E-state index in [1.807, 2.05) is 0 Å². The molecule has 0 N–H and O–H groups in total. The van der Waals surface area contributed by atoms with Gasteiger partial charge in [-0.1, -0.05) is 23.9 Å². The van der Waals surface area contributed by atoms with Crippen LogP contribution < -0.4 is 0 Å². The number of aromatic nitrogens is 4. The largest absolute Gasteiger partial charge is 0.463 e. The second-order valence-electron chi connectivity index (χ2n) is 5.86. The van der Waals surface area contributed by atoms with Crippen molar-refractivity contribution in [1.82, 2.24) is 25.1 Å². The lowest BCUT2D eigenvalue weighted by atomic mass is 10.1. The van der Waals surface area contributed by atoms with Crippen LogP contribution in [-0.4, -0.2) is 55.9 Å². The Morgan fingerprint density at radius 1 is 1.34 bits per heavy atom. The quantitative estimate of drug-likeness (QED) is 0.516. The molecule has 1 aromatic carbocycles. The summed E-state index contributed by atoms with van der Waals surface area (Å²) in [6.45, 7) is 2.23. The molecule has 2 aromatic rings. The van der Waals surface area contributed by atoms with Crippen LogP contribution in [0.1, 0.15) is 12.5 Å². The molecule has 1 aliphatic heterocycles. The van der Waals surface area contributed by atoms with Gasteiger partial charge >= 0.3 is 12.1 Å². The number of hydrogen-bond acceptors (Lipinski definition) is 7. The summed E-state index contributed by atoms with van der Waals surface area (Å²) in [5, 5.41) is 12.1. The summed E-state index contributed by atoms with van der Waals surface area (Å²) in [5.74, 6) is -0.476. The monoisotopic (exact) mass is 427 g/mol. The van der Waals surface area contributed by atoms with Gasteiger partial charge in [0.25, 0.3) is 0 Å². The minimum atomic E-state index is -4.47. The maximum absolute atomic E-state index is 12.9. The van der Waals surface area contributed by atoms with Gasteiger partial charge in [0.2, 0.25) is 11.7 Å². The molecule has 0 spiro atoms. The summed E-state index contributed by atoms with van der Waals surface area (Å²) in [5.41, 5.74) is -0.624. The third-order valence-corrected chi connectivity index (χ3v) is 4.89. The van der Waals surface area contributed by atoms with Gasteiger partial charge in [0, 0.05) is 12.1 Å². The van der Waals surface area contributed by atoms with Crippen LogP contribution in [0, 0.1) is 0 Å². The van der Waals surface area contributed by atoms with Gasteiger partial charge in [0.1, 0.15) is 0 Å². The lowest BCUT2D eigenvalue weighted by Crippen LogP contribution is -2.29. The SMILES string of the molecule is CCOC(=O)/C=C1\SCC(=O)N1CCn1nnc(-c2cccc(C(F)(F)F)c2)n1. The molecular formula is C17H16F3N5O3S. The average Bonchev–Trinajstić information content (AvgIpc) is 3.27. The lowest BCUT2D eigenvalue weighted by Gasteiger charge is -2.16. The molecule has 8 nitrogen and oxygen atoms in total. The molecular weight excluding hydrogens is 411 g/mol. The van der Waals surface area contributed by atoms with Gasteiger partial charge in [-0.05, 0) is 24.3 Å². The zero-order valence-corrected chi connectivity index (χ0v) is 16.0. The standard InChI is InChI=1S/C17H16F3N5O3S/c1-2-28-15(27)9-14-24(13(26)10-29-14)6-7-25-22-16(21-23-25)11-4-3-5-12(8-11)17(18,19)20/h3-5,8-9H,2,6-7,10H2,1H3/b14-9-. The number of carbonyl (C=O) groups excluding carboxylic acids is 2. The van der Waals surface area contributed by atoms with Crippen molar-refractivity contribution in [2.45, 2.75) is 19.6 Å². The molecule has 29 heavy (non-hydrogen) atoms. The molecule has 0 aliphatic carbocycles. The number of ether oxygens (including phenoxy) is 1. The first-order valence-corrected chi connectivity index (χ1v) is 9.53. The summed E-state index contributed by atoms with van der Waals surface area (Å²) in [7, 11) is 0. The van der Waals surface area contributed by atoms with Crippen molar-refractivity contribution in [1.29, 1.82) is 0 Å². The van der Waals surface area contributed by atoms with Gasteiger partial charge in [-0.25, -0.2) is 4.79 Å². The van der Waals surface area contributed by atoms with Gasteiger partial charge in [-0.2, -0.15) is 18.0 Å². The molecule has 1 fully saturated rings. The number of esters is 1. The molecule has 0 bridgehead atoms. The molecule has 2 heterocycles. The smallest absolute Gasteiger partial charge is 0.416 e. The van der Waals surface area contributed by atoms with Crippen LogP contribution in [0.5, 0.6) is 0 Å². The predicted molar refractivity (Wildman–Crippen MR) is 97.1 cm³/mol. The summed E-state index contributed by atoms with van der Waals surface area (Å²) < 4.78 is 43.4. The molecule has 1 aromatic heterocycles. The second kappa shape index (κ2) is 8.64. The summed E-state index contributed by atoms with van der Waals surface area (Å²) in [6.07, 6.45) is -3.22. The molecule has 12 heteroatoms. The Kier molecular flexibility index (Phi) is 6.20. The Morgan fingerprint density at radius 3 is 2.86 bits per heavy atom. The van der Waals surface area contributed by atoms with Crippen LogP contribution in [0.25, 0.3) is 11.4 Å². The van der Waals surface area contributed by atoms with Gasteiger partial charge in [0.05, 0.1) is 35.6 Å². The summed E-state index contributed by atoms with van der Waals surface area (Å²) in [4.78, 5) is 26.3. The first-order valence-electron chi connectivity index (χ1n) is 8.55. The number of carbonyl (C=O) groups is 2. The van der Waals surface area contributed by atoms with Crippen LogP contribution in [0.3, 0.4) is 0 Å². The number of amides is 1. The molecule has 1 aliphatic rings. The zero-order valence-electron chi connectivity index (χ0n) is 15.2. The van der Waals surface area contributed by atoms with Gasteiger partial charge in [-0.15, -0.1) is 10.2 Å². The van der Waals surface area contributed by atoms with E-state index in [0.717, 1.165) is 12.1 Å². The Morgan fingerprint density at radius 2 is 2.14 bits per heavy atom. The number of nitrogens with zero attached hydrogens (tertiary/aromatic N) is 5. The minimum absolute atomic E-state index is 0.0421. The van der Waals surface area contributed by atoms with Gasteiger partial charge in [0.15, 0.2) is 0 Å². The topological polar surface area (TPSA) is 90.2 Å². The van der Waals surface area contributed by atoms with Crippen molar-refractivity contribution >= 4 is 23.6 Å². The summed E-state index contributed by atoms with van der Waals surface area (Å²) in [6, 6.07) is 4.63. The molecule has 1 saturated heterocycles. The molecule has 0 atom stereocenters. The number of rotatable bonds is 6. The van der Waals surface area contributed by atoms with Crippen LogP contribution >= 0.6 is 11.8 Å². The van der Waals surface area contributed by atoms with Gasteiger partial charge < -0.3 is 9.64 Å². The van der Waals surface area contributed by atoms with Crippen LogP contribution in [0.15, 0.2) is 35.4 Å². The third-order valence-electron chi connectivity index (χ3n) is 3.86. The molecule has 0 radical (unpaired) electrons. The average molecular weight is 427 g/mol. The number of tetrazole rings is 1. The van der Waals surface area contributed by atoms with Crippen molar-refractivity contribution in [3.63, 3.8) is 0 Å². The Hall–Kier alpha value is -2.89. The van der Waals surface area contributed by atoms with Crippen LogP contribution in [0.4, 0.5) is 13.2 Å². The number of thioether (sulfide) groups is 1. The number of benzene rings is 1. The van der Waals surface area contributed by atoms with Crippen LogP contribution in [-0.2, 0) is 27.0 Å². The van der Waals surface area contributed by atoms with E-state index in [-0.39, 0.29) is 42.7 Å². The normalized spacial score (nSPS) is 15.9. The molecule has 154 valence electrons. The van der Waals surface area contributed by atoms with Gasteiger partial charge in [-0.3, -0.25) is 4.79 Å². The van der Waals surface area contributed by atoms with E-state index in [1.54, 1.807) is 6.92 Å². The molecule has 3 rings (SSSR count). The maximum atomic E-state index is 12.9. The Bertz CT molecular complexity index is 944. The third kappa shape index (κ3) is 5.13. The highest BCUT2D eigenvalue weighted by Gasteiger charge is 2.31. The second-order valence-corrected chi connectivity index (χ2v) is 6.85. The van der Waals surface area contributed by atoms with E-state index in [0.29, 0.717) is 5.03 Å². The van der Waals surface area contributed by atoms with E-state index in [1.165, 1.54) is 39.7 Å². The van der Waals surface area contributed by atoms with E-state index in [9.17, 15) is 22.8 Å². The Labute approximate surface area is 167 Å². The molecule has 0 unspecified atom stereocenters. The van der Waals surface area contributed by atoms with Crippen molar-refractivity contribution < 1.29 is 27.5 Å². The lowest BCUT2D eigenvalue weighted by molar-refractivity contribution is -0.138. The number of halogens is 3. The Balaban J connectivity index is 1.69. The first kappa shape index (κ1) is 20.8.